The van der Waals surface area contributed by atoms with Crippen LogP contribution >= 0.6 is 0 Å². The number of hydrogen-bond acceptors (Lipinski definition) is 7. The number of ether oxygens (including phenoxy) is 1. The first-order valence-corrected chi connectivity index (χ1v) is 14.7. The summed E-state index contributed by atoms with van der Waals surface area (Å²) in [5.41, 5.74) is 0.648. The first-order valence-electron chi connectivity index (χ1n) is 12.8. The predicted octanol–water partition coefficient (Wildman–Crippen LogP) is 3.99. The molecule has 1 aliphatic heterocycles. The highest BCUT2D eigenvalue weighted by Gasteiger charge is 2.48. The Hall–Kier alpha value is -5.18. The van der Waals surface area contributed by atoms with Gasteiger partial charge in [-0.1, -0.05) is 0 Å². The number of sulfonamides is 1. The van der Waals surface area contributed by atoms with Crippen molar-refractivity contribution in [3.63, 3.8) is 0 Å². The molecule has 3 heterocycles. The molecule has 5 rings (SSSR count). The third kappa shape index (κ3) is 6.21. The first kappa shape index (κ1) is 29.3. The number of pyridine rings is 1. The average Bonchev–Trinajstić information content (AvgIpc) is 3.39. The van der Waals surface area contributed by atoms with E-state index in [2.05, 4.69) is 15.1 Å². The minimum absolute atomic E-state index is 0.000581. The SMILES string of the molecule is CC(C)[N+]1=CC(C(=O)Nc2ccc(Oc3cc(NS(C)(=O)=O)cn4nccc34)c(F)c2)C(=O)N(c2ccc(F)cc2)C1=O. The van der Waals surface area contributed by atoms with Crippen molar-refractivity contribution in [2.45, 2.75) is 19.9 Å². The van der Waals surface area contributed by atoms with Gasteiger partial charge >= 0.3 is 11.9 Å². The minimum atomic E-state index is -3.62. The lowest BCUT2D eigenvalue weighted by molar-refractivity contribution is -0.459. The molecule has 12 nitrogen and oxygen atoms in total. The lowest BCUT2D eigenvalue weighted by atomic mass is 10.0. The molecule has 1 unspecified atom stereocenters. The molecule has 0 fully saturated rings. The van der Waals surface area contributed by atoms with Crippen molar-refractivity contribution in [2.75, 3.05) is 21.2 Å². The Bertz CT molecular complexity index is 1910. The molecule has 4 aromatic rings. The van der Waals surface area contributed by atoms with Gasteiger partial charge in [0.2, 0.25) is 15.9 Å². The quantitative estimate of drug-likeness (QED) is 0.227. The molecule has 0 aliphatic carbocycles. The largest absolute Gasteiger partial charge is 0.505 e. The number of carbonyl (C=O) groups excluding carboxylic acids is 3. The fourth-order valence-electron chi connectivity index (χ4n) is 4.39. The summed E-state index contributed by atoms with van der Waals surface area (Å²) in [6, 6.07) is 10.1. The third-order valence-electron chi connectivity index (χ3n) is 6.33. The van der Waals surface area contributed by atoms with Crippen molar-refractivity contribution < 1.29 is 40.9 Å². The van der Waals surface area contributed by atoms with Gasteiger partial charge in [-0.2, -0.15) is 14.5 Å². The van der Waals surface area contributed by atoms with Gasteiger partial charge in [0.15, 0.2) is 23.2 Å². The van der Waals surface area contributed by atoms with Gasteiger partial charge in [-0.3, -0.25) is 9.52 Å². The van der Waals surface area contributed by atoms with Crippen LogP contribution in [0.15, 0.2) is 67.0 Å². The number of imide groups is 1. The molecular weight excluding hydrogens is 586 g/mol. The number of halogens is 2. The Morgan fingerprint density at radius 2 is 1.74 bits per heavy atom. The van der Waals surface area contributed by atoms with Crippen LogP contribution in [0.4, 0.5) is 30.6 Å². The van der Waals surface area contributed by atoms with Crippen LogP contribution in [0.1, 0.15) is 13.8 Å². The topological polar surface area (TPSA) is 142 Å². The summed E-state index contributed by atoms with van der Waals surface area (Å²) < 4.78 is 62.6. The van der Waals surface area contributed by atoms with Crippen LogP contribution in [-0.2, 0) is 19.6 Å². The van der Waals surface area contributed by atoms with E-state index in [1.54, 1.807) is 19.9 Å². The van der Waals surface area contributed by atoms with Gasteiger partial charge < -0.3 is 10.1 Å². The number of fused-ring (bicyclic) bond motifs is 1. The fourth-order valence-corrected chi connectivity index (χ4v) is 4.93. The van der Waals surface area contributed by atoms with E-state index in [0.717, 1.165) is 29.4 Å². The van der Waals surface area contributed by atoms with Crippen molar-refractivity contribution in [1.82, 2.24) is 9.61 Å². The molecule has 15 heteroatoms. The van der Waals surface area contributed by atoms with E-state index in [9.17, 15) is 27.2 Å². The Morgan fingerprint density at radius 3 is 2.40 bits per heavy atom. The lowest BCUT2D eigenvalue weighted by Gasteiger charge is -2.24. The maximum absolute atomic E-state index is 15.2. The number of rotatable bonds is 8. The van der Waals surface area contributed by atoms with Crippen LogP contribution in [0, 0.1) is 17.6 Å². The number of hydrogen-bond donors (Lipinski definition) is 2. The molecular formula is C28H25F2N6O6S+. The normalized spacial score (nSPS) is 15.5. The second-order valence-corrected chi connectivity index (χ2v) is 11.7. The zero-order valence-electron chi connectivity index (χ0n) is 23.0. The first-order chi connectivity index (χ1) is 20.3. The van der Waals surface area contributed by atoms with Crippen molar-refractivity contribution in [2.24, 2.45) is 5.92 Å². The summed E-state index contributed by atoms with van der Waals surface area (Å²) >= 11 is 0. The highest BCUT2D eigenvalue weighted by molar-refractivity contribution is 7.92. The lowest BCUT2D eigenvalue weighted by Crippen LogP contribution is -2.55. The predicted molar refractivity (Wildman–Crippen MR) is 153 cm³/mol. The molecule has 1 atom stereocenters. The summed E-state index contributed by atoms with van der Waals surface area (Å²) in [5, 5.41) is 6.55. The van der Waals surface area contributed by atoms with Crippen LogP contribution in [-0.4, -0.2) is 59.0 Å². The van der Waals surface area contributed by atoms with Crippen molar-refractivity contribution in [1.29, 1.82) is 0 Å². The Labute approximate surface area is 244 Å². The van der Waals surface area contributed by atoms with E-state index in [-0.39, 0.29) is 28.6 Å². The minimum Gasteiger partial charge on any atom is -0.452 e. The van der Waals surface area contributed by atoms with E-state index in [0.29, 0.717) is 5.52 Å². The zero-order valence-corrected chi connectivity index (χ0v) is 23.8. The average molecular weight is 612 g/mol. The summed E-state index contributed by atoms with van der Waals surface area (Å²) in [5.74, 6) is -4.72. The van der Waals surface area contributed by atoms with Gasteiger partial charge in [-0.05, 0) is 56.3 Å². The van der Waals surface area contributed by atoms with E-state index < -0.39 is 51.5 Å². The number of anilines is 3. The summed E-state index contributed by atoms with van der Waals surface area (Å²) in [4.78, 5) is 40.4. The fraction of sp³-hybridized carbons (Fsp3) is 0.179. The standard InChI is InChI=1S/C28H24F2N6O6S/c1-16(2)34-15-21(27(38)36(28(34)39)20-7-4-17(29)5-8-20)26(37)32-18-6-9-24(22(30)12-18)42-25-13-19(33-43(3,40)41)14-35-23(25)10-11-31-35/h4-16,21,33H,1-3H3/p+1. The van der Waals surface area contributed by atoms with Crippen molar-refractivity contribution in [3.05, 3.63) is 78.6 Å². The van der Waals surface area contributed by atoms with E-state index in [1.165, 1.54) is 58.0 Å². The Balaban J connectivity index is 1.39. The summed E-state index contributed by atoms with van der Waals surface area (Å²) in [7, 11) is -3.62. The molecule has 2 aromatic heterocycles. The van der Waals surface area contributed by atoms with E-state index >= 15 is 4.39 Å². The molecule has 0 spiro atoms. The molecule has 2 N–H and O–H groups in total. The van der Waals surface area contributed by atoms with Gasteiger partial charge in [-0.25, -0.2) is 26.5 Å². The zero-order chi connectivity index (χ0) is 31.1. The van der Waals surface area contributed by atoms with Crippen LogP contribution in [0.25, 0.3) is 5.52 Å². The summed E-state index contributed by atoms with van der Waals surface area (Å²) in [6.07, 6.45) is 5.06. The van der Waals surface area contributed by atoms with E-state index in [4.69, 9.17) is 4.74 Å². The van der Waals surface area contributed by atoms with Crippen LogP contribution in [0.5, 0.6) is 11.5 Å². The van der Waals surface area contributed by atoms with Crippen LogP contribution < -0.4 is 19.7 Å². The molecule has 43 heavy (non-hydrogen) atoms. The molecule has 0 bridgehead atoms. The number of nitrogens with one attached hydrogen (secondary N) is 2. The van der Waals surface area contributed by atoms with Crippen molar-refractivity contribution in [3.8, 4) is 11.5 Å². The van der Waals surface area contributed by atoms with Gasteiger partial charge in [0.1, 0.15) is 17.0 Å². The number of urea groups is 1. The Morgan fingerprint density at radius 1 is 1.02 bits per heavy atom. The van der Waals surface area contributed by atoms with Gasteiger partial charge in [0.05, 0.1) is 36.6 Å². The van der Waals surface area contributed by atoms with Crippen LogP contribution in [0.3, 0.4) is 0 Å². The summed E-state index contributed by atoms with van der Waals surface area (Å²) in [6.45, 7) is 3.39. The van der Waals surface area contributed by atoms with Gasteiger partial charge in [0.25, 0.3) is 0 Å². The van der Waals surface area contributed by atoms with Crippen LogP contribution in [0.2, 0.25) is 0 Å². The molecule has 0 saturated carbocycles. The number of aromatic nitrogens is 2. The molecule has 0 saturated heterocycles. The van der Waals surface area contributed by atoms with Gasteiger partial charge in [0, 0.05) is 17.8 Å². The number of benzene rings is 2. The molecule has 222 valence electrons. The molecule has 0 radical (unpaired) electrons. The Kier molecular flexibility index (Phi) is 7.67. The van der Waals surface area contributed by atoms with Crippen molar-refractivity contribution >= 4 is 56.7 Å². The number of carbonyl (C=O) groups is 3. The number of amides is 4. The third-order valence-corrected chi connectivity index (χ3v) is 6.93. The molecule has 1 aliphatic rings. The number of nitrogens with zero attached hydrogens (tertiary/aromatic N) is 4. The maximum Gasteiger partial charge on any atom is 0.505 e. The maximum atomic E-state index is 15.2. The second-order valence-electron chi connectivity index (χ2n) is 9.93. The highest BCUT2D eigenvalue weighted by atomic mass is 32.2. The monoisotopic (exact) mass is 611 g/mol. The van der Waals surface area contributed by atoms with E-state index in [1.807, 2.05) is 0 Å². The molecule has 2 aromatic carbocycles. The second kappa shape index (κ2) is 11.2. The smallest absolute Gasteiger partial charge is 0.452 e. The van der Waals surface area contributed by atoms with Gasteiger partial charge in [-0.15, -0.1) is 4.90 Å². The molecule has 4 amide bonds. The highest BCUT2D eigenvalue weighted by Crippen LogP contribution is 2.32.